The lowest BCUT2D eigenvalue weighted by Gasteiger charge is -2.16. The van der Waals surface area contributed by atoms with Crippen LogP contribution in [0.25, 0.3) is 0 Å². The standard InChI is InChI=1S/C18H19NO4/c1-13(20)23-17-10-6-5-9-15(17)12-19-16(18(21)22)11-14-7-3-2-4-8-14/h2-10,16,19H,11-12H2,1H3,(H,21,22)/t16-/m0/s1. The number of benzene rings is 2. The van der Waals surface area contributed by atoms with Gasteiger partial charge < -0.3 is 9.84 Å². The van der Waals surface area contributed by atoms with E-state index in [-0.39, 0.29) is 0 Å². The first-order valence-corrected chi connectivity index (χ1v) is 7.32. The molecule has 0 amide bonds. The van der Waals surface area contributed by atoms with E-state index in [2.05, 4.69) is 5.32 Å². The quantitative estimate of drug-likeness (QED) is 0.606. The molecule has 0 saturated carbocycles. The number of para-hydroxylation sites is 1. The van der Waals surface area contributed by atoms with E-state index >= 15 is 0 Å². The summed E-state index contributed by atoms with van der Waals surface area (Å²) in [5, 5.41) is 12.4. The molecule has 2 aromatic rings. The van der Waals surface area contributed by atoms with Gasteiger partial charge in [0.25, 0.3) is 0 Å². The van der Waals surface area contributed by atoms with Crippen molar-refractivity contribution in [1.29, 1.82) is 0 Å². The van der Waals surface area contributed by atoms with E-state index < -0.39 is 18.0 Å². The zero-order valence-corrected chi connectivity index (χ0v) is 12.9. The average molecular weight is 313 g/mol. The van der Waals surface area contributed by atoms with Crippen molar-refractivity contribution >= 4 is 11.9 Å². The van der Waals surface area contributed by atoms with Gasteiger partial charge in [-0.2, -0.15) is 0 Å². The Morgan fingerprint density at radius 2 is 1.74 bits per heavy atom. The lowest BCUT2D eigenvalue weighted by atomic mass is 10.1. The fraction of sp³-hybridized carbons (Fsp3) is 0.222. The Bertz CT molecular complexity index is 670. The molecular formula is C18H19NO4. The highest BCUT2D eigenvalue weighted by Crippen LogP contribution is 2.18. The maximum absolute atomic E-state index is 11.4. The summed E-state index contributed by atoms with van der Waals surface area (Å²) in [6.45, 7) is 1.63. The van der Waals surface area contributed by atoms with Crippen molar-refractivity contribution in [2.45, 2.75) is 25.9 Å². The molecule has 23 heavy (non-hydrogen) atoms. The number of carboxylic acid groups (broad SMARTS) is 1. The second-order valence-corrected chi connectivity index (χ2v) is 5.16. The molecule has 1 atom stereocenters. The highest BCUT2D eigenvalue weighted by Gasteiger charge is 2.18. The molecule has 2 aromatic carbocycles. The third kappa shape index (κ3) is 5.23. The van der Waals surface area contributed by atoms with Crippen molar-refractivity contribution in [3.8, 4) is 5.75 Å². The smallest absolute Gasteiger partial charge is 0.321 e. The number of carboxylic acids is 1. The molecule has 5 heteroatoms. The van der Waals surface area contributed by atoms with Gasteiger partial charge in [-0.05, 0) is 18.1 Å². The number of carbonyl (C=O) groups excluding carboxylic acids is 1. The second kappa shape index (κ2) is 8.10. The summed E-state index contributed by atoms with van der Waals surface area (Å²) in [6.07, 6.45) is 0.381. The van der Waals surface area contributed by atoms with Gasteiger partial charge in [-0.15, -0.1) is 0 Å². The van der Waals surface area contributed by atoms with E-state index in [4.69, 9.17) is 4.74 Å². The van der Waals surface area contributed by atoms with E-state index in [1.165, 1.54) is 6.92 Å². The molecular weight excluding hydrogens is 294 g/mol. The molecule has 120 valence electrons. The number of esters is 1. The number of hydrogen-bond acceptors (Lipinski definition) is 4. The van der Waals surface area contributed by atoms with Gasteiger partial charge in [0, 0.05) is 19.0 Å². The van der Waals surface area contributed by atoms with Crippen LogP contribution in [0.5, 0.6) is 5.75 Å². The molecule has 0 aliphatic carbocycles. The molecule has 0 aliphatic heterocycles. The normalized spacial score (nSPS) is 11.7. The third-order valence-electron chi connectivity index (χ3n) is 3.35. The molecule has 0 unspecified atom stereocenters. The Hall–Kier alpha value is -2.66. The number of nitrogens with one attached hydrogen (secondary N) is 1. The van der Waals surface area contributed by atoms with Gasteiger partial charge in [-0.25, -0.2) is 0 Å². The molecule has 0 aromatic heterocycles. The van der Waals surface area contributed by atoms with Crippen LogP contribution in [0.3, 0.4) is 0 Å². The van der Waals surface area contributed by atoms with E-state index in [0.29, 0.717) is 18.7 Å². The summed E-state index contributed by atoms with van der Waals surface area (Å²) in [5.41, 5.74) is 1.68. The Morgan fingerprint density at radius 1 is 1.09 bits per heavy atom. The molecule has 0 spiro atoms. The molecule has 0 fully saturated rings. The Labute approximate surface area is 134 Å². The van der Waals surface area contributed by atoms with Crippen LogP contribution in [0.2, 0.25) is 0 Å². The van der Waals surface area contributed by atoms with Gasteiger partial charge in [0.1, 0.15) is 11.8 Å². The molecule has 0 bridgehead atoms. The lowest BCUT2D eigenvalue weighted by molar-refractivity contribution is -0.139. The largest absolute Gasteiger partial charge is 0.480 e. The molecule has 2 N–H and O–H groups in total. The molecule has 0 aliphatic rings. The van der Waals surface area contributed by atoms with Gasteiger partial charge in [0.2, 0.25) is 0 Å². The van der Waals surface area contributed by atoms with Crippen molar-refractivity contribution in [2.24, 2.45) is 0 Å². The number of ether oxygens (including phenoxy) is 1. The van der Waals surface area contributed by atoms with Gasteiger partial charge >= 0.3 is 11.9 Å². The summed E-state index contributed by atoms with van der Waals surface area (Å²) in [5.74, 6) is -0.883. The SMILES string of the molecule is CC(=O)Oc1ccccc1CN[C@@H](Cc1ccccc1)C(=O)O. The molecule has 2 rings (SSSR count). The molecule has 5 nitrogen and oxygen atoms in total. The summed E-state index contributed by atoms with van der Waals surface area (Å²) < 4.78 is 5.13. The summed E-state index contributed by atoms with van der Waals surface area (Å²) in [6, 6.07) is 15.8. The molecule has 0 heterocycles. The predicted octanol–water partition coefficient (Wildman–Crippen LogP) is 2.40. The van der Waals surface area contributed by atoms with E-state index in [0.717, 1.165) is 11.1 Å². The first-order chi connectivity index (χ1) is 11.1. The lowest BCUT2D eigenvalue weighted by Crippen LogP contribution is -2.38. The number of carbonyl (C=O) groups is 2. The van der Waals surface area contributed by atoms with E-state index in [9.17, 15) is 14.7 Å². The monoisotopic (exact) mass is 313 g/mol. The highest BCUT2D eigenvalue weighted by atomic mass is 16.5. The summed E-state index contributed by atoms with van der Waals surface area (Å²) >= 11 is 0. The van der Waals surface area contributed by atoms with Crippen LogP contribution in [0.15, 0.2) is 54.6 Å². The summed E-state index contributed by atoms with van der Waals surface area (Å²) in [4.78, 5) is 22.6. The maximum atomic E-state index is 11.4. The van der Waals surface area contributed by atoms with Gasteiger partial charge in [-0.3, -0.25) is 14.9 Å². The van der Waals surface area contributed by atoms with Crippen molar-refractivity contribution in [2.75, 3.05) is 0 Å². The zero-order valence-electron chi connectivity index (χ0n) is 12.9. The van der Waals surface area contributed by atoms with Crippen molar-refractivity contribution in [3.63, 3.8) is 0 Å². The van der Waals surface area contributed by atoms with Gasteiger partial charge in [0.05, 0.1) is 0 Å². The minimum Gasteiger partial charge on any atom is -0.480 e. The van der Waals surface area contributed by atoms with E-state index in [1.54, 1.807) is 18.2 Å². The Balaban J connectivity index is 2.05. The van der Waals surface area contributed by atoms with Gasteiger partial charge in [0.15, 0.2) is 0 Å². The zero-order chi connectivity index (χ0) is 16.7. The topological polar surface area (TPSA) is 75.6 Å². The maximum Gasteiger partial charge on any atom is 0.321 e. The molecule has 0 saturated heterocycles. The highest BCUT2D eigenvalue weighted by molar-refractivity contribution is 5.74. The van der Waals surface area contributed by atoms with Crippen molar-refractivity contribution < 1.29 is 19.4 Å². The first kappa shape index (κ1) is 16.7. The fourth-order valence-corrected chi connectivity index (χ4v) is 2.23. The number of hydrogen-bond donors (Lipinski definition) is 2. The number of aliphatic carboxylic acids is 1. The van der Waals surface area contributed by atoms with Crippen LogP contribution in [0.4, 0.5) is 0 Å². The van der Waals surface area contributed by atoms with Crippen LogP contribution in [-0.2, 0) is 22.6 Å². The minimum atomic E-state index is -0.918. The van der Waals surface area contributed by atoms with Crippen LogP contribution in [-0.4, -0.2) is 23.1 Å². The second-order valence-electron chi connectivity index (χ2n) is 5.16. The third-order valence-corrected chi connectivity index (χ3v) is 3.35. The first-order valence-electron chi connectivity index (χ1n) is 7.32. The van der Waals surface area contributed by atoms with E-state index in [1.807, 2.05) is 36.4 Å². The Morgan fingerprint density at radius 3 is 2.39 bits per heavy atom. The minimum absolute atomic E-state index is 0.299. The van der Waals surface area contributed by atoms with Crippen LogP contribution in [0, 0.1) is 0 Å². The number of rotatable bonds is 7. The Kier molecular flexibility index (Phi) is 5.88. The average Bonchev–Trinajstić information content (AvgIpc) is 2.53. The van der Waals surface area contributed by atoms with Crippen LogP contribution in [0.1, 0.15) is 18.1 Å². The van der Waals surface area contributed by atoms with Crippen molar-refractivity contribution in [3.05, 3.63) is 65.7 Å². The summed E-state index contributed by atoms with van der Waals surface area (Å²) in [7, 11) is 0. The van der Waals surface area contributed by atoms with Gasteiger partial charge in [-0.1, -0.05) is 48.5 Å². The van der Waals surface area contributed by atoms with Crippen LogP contribution < -0.4 is 10.1 Å². The van der Waals surface area contributed by atoms with Crippen molar-refractivity contribution in [1.82, 2.24) is 5.32 Å². The fourth-order valence-electron chi connectivity index (χ4n) is 2.23. The molecule has 0 radical (unpaired) electrons. The predicted molar refractivity (Wildman–Crippen MR) is 86.2 cm³/mol. The van der Waals surface area contributed by atoms with Crippen LogP contribution >= 0.6 is 0 Å².